The predicted octanol–water partition coefficient (Wildman–Crippen LogP) is 0.423. The van der Waals surface area contributed by atoms with Crippen molar-refractivity contribution in [1.29, 1.82) is 0 Å². The molecule has 1 fully saturated rings. The Bertz CT molecular complexity index is 612. The lowest BCUT2D eigenvalue weighted by Crippen LogP contribution is -2.53. The van der Waals surface area contributed by atoms with Gasteiger partial charge in [0, 0.05) is 24.7 Å². The van der Waals surface area contributed by atoms with E-state index in [1.807, 2.05) is 18.2 Å². The van der Waals surface area contributed by atoms with Crippen molar-refractivity contribution in [3.63, 3.8) is 0 Å². The SMILES string of the molecule is CNc1cccc2c1CC(=O)N2C1CCC(=O)NC1=O. The molecule has 2 heterocycles. The summed E-state index contributed by atoms with van der Waals surface area (Å²) >= 11 is 0. The van der Waals surface area contributed by atoms with E-state index in [9.17, 15) is 14.4 Å². The molecule has 0 radical (unpaired) electrons. The van der Waals surface area contributed by atoms with E-state index in [0.29, 0.717) is 6.42 Å². The zero-order valence-corrected chi connectivity index (χ0v) is 11.1. The molecule has 0 aliphatic carbocycles. The minimum Gasteiger partial charge on any atom is -0.388 e. The molecule has 6 nitrogen and oxygen atoms in total. The van der Waals surface area contributed by atoms with Crippen LogP contribution in [0.2, 0.25) is 0 Å². The molecular formula is C14H15N3O3. The van der Waals surface area contributed by atoms with Gasteiger partial charge in [0.25, 0.3) is 0 Å². The molecule has 0 aromatic heterocycles. The second-order valence-corrected chi connectivity index (χ2v) is 4.96. The van der Waals surface area contributed by atoms with Crippen LogP contribution < -0.4 is 15.5 Å². The first-order valence-corrected chi connectivity index (χ1v) is 6.57. The van der Waals surface area contributed by atoms with Crippen molar-refractivity contribution in [3.8, 4) is 0 Å². The van der Waals surface area contributed by atoms with E-state index in [4.69, 9.17) is 0 Å². The Kier molecular flexibility index (Phi) is 2.93. The Hall–Kier alpha value is -2.37. The lowest BCUT2D eigenvalue weighted by atomic mass is 10.0. The zero-order chi connectivity index (χ0) is 14.3. The summed E-state index contributed by atoms with van der Waals surface area (Å²) in [4.78, 5) is 37.0. The van der Waals surface area contributed by atoms with Crippen molar-refractivity contribution in [3.05, 3.63) is 23.8 Å². The minimum atomic E-state index is -0.589. The lowest BCUT2D eigenvalue weighted by molar-refractivity contribution is -0.135. The fraction of sp³-hybridized carbons (Fsp3) is 0.357. The van der Waals surface area contributed by atoms with E-state index in [1.54, 1.807) is 7.05 Å². The van der Waals surface area contributed by atoms with Gasteiger partial charge < -0.3 is 5.32 Å². The second kappa shape index (κ2) is 4.63. The number of piperidine rings is 1. The number of imide groups is 1. The van der Waals surface area contributed by atoms with E-state index in [0.717, 1.165) is 16.9 Å². The maximum absolute atomic E-state index is 12.3. The number of rotatable bonds is 2. The van der Waals surface area contributed by atoms with Crippen LogP contribution in [0.1, 0.15) is 18.4 Å². The van der Waals surface area contributed by atoms with Crippen LogP contribution in [0.15, 0.2) is 18.2 Å². The molecule has 3 amide bonds. The van der Waals surface area contributed by atoms with Gasteiger partial charge in [-0.2, -0.15) is 0 Å². The van der Waals surface area contributed by atoms with Gasteiger partial charge in [-0.25, -0.2) is 0 Å². The van der Waals surface area contributed by atoms with E-state index >= 15 is 0 Å². The normalized spacial score (nSPS) is 21.8. The maximum Gasteiger partial charge on any atom is 0.249 e. The molecule has 2 aliphatic heterocycles. The van der Waals surface area contributed by atoms with E-state index in [-0.39, 0.29) is 24.7 Å². The quantitative estimate of drug-likeness (QED) is 0.766. The number of anilines is 2. The van der Waals surface area contributed by atoms with Crippen LogP contribution in [0.25, 0.3) is 0 Å². The highest BCUT2D eigenvalue weighted by Gasteiger charge is 2.40. The largest absolute Gasteiger partial charge is 0.388 e. The summed E-state index contributed by atoms with van der Waals surface area (Å²) in [6.07, 6.45) is 0.922. The Labute approximate surface area is 116 Å². The van der Waals surface area contributed by atoms with Gasteiger partial charge >= 0.3 is 0 Å². The zero-order valence-electron chi connectivity index (χ0n) is 11.1. The first-order chi connectivity index (χ1) is 9.61. The molecule has 3 rings (SSSR count). The van der Waals surface area contributed by atoms with Gasteiger partial charge in [0.2, 0.25) is 17.7 Å². The molecule has 2 N–H and O–H groups in total. The number of carbonyl (C=O) groups is 3. The second-order valence-electron chi connectivity index (χ2n) is 4.96. The van der Waals surface area contributed by atoms with Gasteiger partial charge in [-0.05, 0) is 18.6 Å². The van der Waals surface area contributed by atoms with Gasteiger partial charge in [0.15, 0.2) is 0 Å². The minimum absolute atomic E-state index is 0.0998. The monoisotopic (exact) mass is 273 g/mol. The molecule has 2 aliphatic rings. The first-order valence-electron chi connectivity index (χ1n) is 6.57. The fourth-order valence-electron chi connectivity index (χ4n) is 2.86. The molecule has 0 saturated carbocycles. The number of fused-ring (bicyclic) bond motifs is 1. The average molecular weight is 273 g/mol. The fourth-order valence-corrected chi connectivity index (χ4v) is 2.86. The third kappa shape index (κ3) is 1.84. The van der Waals surface area contributed by atoms with Crippen LogP contribution in [0.4, 0.5) is 11.4 Å². The molecule has 20 heavy (non-hydrogen) atoms. The Morgan fingerprint density at radius 2 is 2.10 bits per heavy atom. The van der Waals surface area contributed by atoms with E-state index in [2.05, 4.69) is 10.6 Å². The molecular weight excluding hydrogens is 258 g/mol. The van der Waals surface area contributed by atoms with Crippen LogP contribution in [0.3, 0.4) is 0 Å². The predicted molar refractivity (Wildman–Crippen MR) is 73.4 cm³/mol. The standard InChI is InChI=1S/C14H15N3O3/c1-15-9-3-2-4-10-8(9)7-13(19)17(10)11-5-6-12(18)16-14(11)20/h2-4,11,15H,5-7H2,1H3,(H,16,18,20). The number of amides is 3. The number of carbonyl (C=O) groups excluding carboxylic acids is 3. The number of hydrogen-bond donors (Lipinski definition) is 2. The lowest BCUT2D eigenvalue weighted by Gasteiger charge is -2.30. The molecule has 6 heteroatoms. The van der Waals surface area contributed by atoms with Crippen LogP contribution >= 0.6 is 0 Å². The Morgan fingerprint density at radius 3 is 2.80 bits per heavy atom. The Morgan fingerprint density at radius 1 is 1.30 bits per heavy atom. The summed E-state index contributed by atoms with van der Waals surface area (Å²) < 4.78 is 0. The van der Waals surface area contributed by atoms with Crippen molar-refractivity contribution < 1.29 is 14.4 Å². The van der Waals surface area contributed by atoms with Crippen molar-refractivity contribution in [2.45, 2.75) is 25.3 Å². The highest BCUT2D eigenvalue weighted by Crippen LogP contribution is 2.36. The summed E-state index contributed by atoms with van der Waals surface area (Å²) in [6, 6.07) is 5.00. The summed E-state index contributed by atoms with van der Waals surface area (Å²) in [5, 5.41) is 5.35. The van der Waals surface area contributed by atoms with Gasteiger partial charge in [-0.15, -0.1) is 0 Å². The molecule has 104 valence electrons. The van der Waals surface area contributed by atoms with Crippen LogP contribution in [0.5, 0.6) is 0 Å². The van der Waals surface area contributed by atoms with Crippen molar-refractivity contribution >= 4 is 29.1 Å². The summed E-state index contributed by atoms with van der Waals surface area (Å²) in [5.41, 5.74) is 2.56. The molecule has 1 atom stereocenters. The number of hydrogen-bond acceptors (Lipinski definition) is 4. The van der Waals surface area contributed by atoms with Crippen molar-refractivity contribution in [2.24, 2.45) is 0 Å². The number of benzene rings is 1. The summed E-state index contributed by atoms with van der Waals surface area (Å²) in [5.74, 6) is -0.767. The molecule has 1 unspecified atom stereocenters. The van der Waals surface area contributed by atoms with Crippen molar-refractivity contribution in [2.75, 3.05) is 17.3 Å². The van der Waals surface area contributed by atoms with Gasteiger partial charge in [-0.3, -0.25) is 24.6 Å². The topological polar surface area (TPSA) is 78.5 Å². The molecule has 1 aromatic rings. The molecule has 0 bridgehead atoms. The highest BCUT2D eigenvalue weighted by molar-refractivity contribution is 6.11. The molecule has 1 aromatic carbocycles. The van der Waals surface area contributed by atoms with Crippen LogP contribution in [0, 0.1) is 0 Å². The van der Waals surface area contributed by atoms with Gasteiger partial charge in [0.1, 0.15) is 6.04 Å². The summed E-state index contributed by atoms with van der Waals surface area (Å²) in [7, 11) is 1.80. The van der Waals surface area contributed by atoms with E-state index < -0.39 is 11.9 Å². The van der Waals surface area contributed by atoms with Crippen LogP contribution in [-0.4, -0.2) is 30.8 Å². The van der Waals surface area contributed by atoms with E-state index in [1.165, 1.54) is 4.90 Å². The Balaban J connectivity index is 1.98. The summed E-state index contributed by atoms with van der Waals surface area (Å²) in [6.45, 7) is 0. The molecule has 1 saturated heterocycles. The third-order valence-corrected chi connectivity index (χ3v) is 3.80. The van der Waals surface area contributed by atoms with Crippen LogP contribution in [-0.2, 0) is 20.8 Å². The molecule has 0 spiro atoms. The number of nitrogens with zero attached hydrogens (tertiary/aromatic N) is 1. The van der Waals surface area contributed by atoms with Gasteiger partial charge in [0.05, 0.1) is 12.1 Å². The van der Waals surface area contributed by atoms with Gasteiger partial charge in [-0.1, -0.05) is 6.07 Å². The average Bonchev–Trinajstić information content (AvgIpc) is 2.75. The third-order valence-electron chi connectivity index (χ3n) is 3.80. The first kappa shape index (κ1) is 12.7. The maximum atomic E-state index is 12.3. The smallest absolute Gasteiger partial charge is 0.249 e. The van der Waals surface area contributed by atoms with Crippen molar-refractivity contribution in [1.82, 2.24) is 5.32 Å². The highest BCUT2D eigenvalue weighted by atomic mass is 16.2. The number of nitrogens with one attached hydrogen (secondary N) is 2.